The minimum Gasteiger partial charge on any atom is -0.465 e. The van der Waals surface area contributed by atoms with Gasteiger partial charge in [-0.1, -0.05) is 5.16 Å². The number of hydrogen-bond donors (Lipinski definition) is 1. The lowest BCUT2D eigenvalue weighted by Gasteiger charge is -2.06. The molecular formula is C17H14FN3O3. The highest BCUT2D eigenvalue weighted by atomic mass is 19.1. The smallest absolute Gasteiger partial charge is 0.249 e. The third-order valence-corrected chi connectivity index (χ3v) is 3.22. The largest absolute Gasteiger partial charge is 0.465 e. The molecule has 1 aromatic carbocycles. The van der Waals surface area contributed by atoms with Gasteiger partial charge in [0.15, 0.2) is 0 Å². The van der Waals surface area contributed by atoms with Gasteiger partial charge in [0, 0.05) is 11.6 Å². The highest BCUT2D eigenvalue weighted by Crippen LogP contribution is 2.19. The number of rotatable bonds is 5. The molecule has 0 unspecified atom stereocenters. The van der Waals surface area contributed by atoms with Crippen molar-refractivity contribution in [3.8, 4) is 11.4 Å². The SMILES string of the molecule is C[C@@H](NC(=O)/C=C/c1ccco1)c1nc(-c2ccc(F)cc2)no1. The second-order valence-electron chi connectivity index (χ2n) is 5.04. The van der Waals surface area contributed by atoms with Crippen molar-refractivity contribution >= 4 is 12.0 Å². The second-order valence-corrected chi connectivity index (χ2v) is 5.04. The zero-order chi connectivity index (χ0) is 16.9. The number of halogens is 1. The van der Waals surface area contributed by atoms with Gasteiger partial charge in [-0.15, -0.1) is 0 Å². The molecule has 6 nitrogen and oxygen atoms in total. The first-order valence-electron chi connectivity index (χ1n) is 7.23. The number of nitrogens with one attached hydrogen (secondary N) is 1. The minimum atomic E-state index is -0.472. The average Bonchev–Trinajstić information content (AvgIpc) is 3.25. The van der Waals surface area contributed by atoms with Crippen molar-refractivity contribution in [2.24, 2.45) is 0 Å². The Balaban J connectivity index is 1.64. The summed E-state index contributed by atoms with van der Waals surface area (Å²) in [6, 6.07) is 8.74. The van der Waals surface area contributed by atoms with Crippen LogP contribution in [0.15, 0.2) is 57.7 Å². The molecule has 122 valence electrons. The highest BCUT2D eigenvalue weighted by Gasteiger charge is 2.16. The van der Waals surface area contributed by atoms with Crippen molar-refractivity contribution in [1.29, 1.82) is 0 Å². The summed E-state index contributed by atoms with van der Waals surface area (Å²) in [6.45, 7) is 1.72. The van der Waals surface area contributed by atoms with E-state index in [1.807, 2.05) is 0 Å². The molecule has 24 heavy (non-hydrogen) atoms. The number of hydrogen-bond acceptors (Lipinski definition) is 5. The normalized spacial score (nSPS) is 12.4. The van der Waals surface area contributed by atoms with E-state index in [0.717, 1.165) is 0 Å². The molecule has 2 heterocycles. The van der Waals surface area contributed by atoms with Gasteiger partial charge < -0.3 is 14.3 Å². The molecule has 0 bridgehead atoms. The van der Waals surface area contributed by atoms with E-state index in [2.05, 4.69) is 15.5 Å². The van der Waals surface area contributed by atoms with Crippen LogP contribution in [0.2, 0.25) is 0 Å². The monoisotopic (exact) mass is 327 g/mol. The molecule has 1 N–H and O–H groups in total. The maximum atomic E-state index is 12.9. The third-order valence-electron chi connectivity index (χ3n) is 3.22. The van der Waals surface area contributed by atoms with Crippen molar-refractivity contribution in [2.75, 3.05) is 0 Å². The molecule has 0 aliphatic heterocycles. The van der Waals surface area contributed by atoms with Crippen LogP contribution in [-0.2, 0) is 4.79 Å². The molecule has 0 spiro atoms. The predicted molar refractivity (Wildman–Crippen MR) is 84.0 cm³/mol. The Morgan fingerprint density at radius 3 is 2.79 bits per heavy atom. The summed E-state index contributed by atoms with van der Waals surface area (Å²) in [5.41, 5.74) is 0.627. The zero-order valence-corrected chi connectivity index (χ0v) is 12.8. The number of carbonyl (C=O) groups excluding carboxylic acids is 1. The summed E-state index contributed by atoms with van der Waals surface area (Å²) >= 11 is 0. The van der Waals surface area contributed by atoms with Gasteiger partial charge >= 0.3 is 0 Å². The summed E-state index contributed by atoms with van der Waals surface area (Å²) in [5, 5.41) is 6.55. The van der Waals surface area contributed by atoms with Gasteiger partial charge in [0.25, 0.3) is 0 Å². The molecule has 3 rings (SSSR count). The van der Waals surface area contributed by atoms with E-state index >= 15 is 0 Å². The van der Waals surface area contributed by atoms with Crippen molar-refractivity contribution in [1.82, 2.24) is 15.5 Å². The fraction of sp³-hybridized carbons (Fsp3) is 0.118. The molecule has 0 saturated carbocycles. The van der Waals surface area contributed by atoms with Crippen LogP contribution in [-0.4, -0.2) is 16.0 Å². The first-order chi connectivity index (χ1) is 11.6. The molecule has 0 aliphatic carbocycles. The van der Waals surface area contributed by atoms with Crippen molar-refractivity contribution in [2.45, 2.75) is 13.0 Å². The third kappa shape index (κ3) is 3.75. The quantitative estimate of drug-likeness (QED) is 0.727. The molecule has 0 saturated heterocycles. The molecule has 0 fully saturated rings. The molecule has 7 heteroatoms. The van der Waals surface area contributed by atoms with E-state index in [0.29, 0.717) is 17.1 Å². The van der Waals surface area contributed by atoms with Gasteiger partial charge in [-0.2, -0.15) is 4.98 Å². The molecule has 1 atom stereocenters. The van der Waals surface area contributed by atoms with Gasteiger partial charge in [0.05, 0.1) is 6.26 Å². The Morgan fingerprint density at radius 1 is 1.29 bits per heavy atom. The zero-order valence-electron chi connectivity index (χ0n) is 12.8. The van der Waals surface area contributed by atoms with Crippen molar-refractivity contribution in [3.05, 3.63) is 66.2 Å². The molecular weight excluding hydrogens is 313 g/mol. The first-order valence-corrected chi connectivity index (χ1v) is 7.23. The van der Waals surface area contributed by atoms with Crippen LogP contribution in [0.25, 0.3) is 17.5 Å². The average molecular weight is 327 g/mol. The Kier molecular flexibility index (Phi) is 4.51. The van der Waals surface area contributed by atoms with Crippen molar-refractivity contribution in [3.63, 3.8) is 0 Å². The number of amides is 1. The fourth-order valence-corrected chi connectivity index (χ4v) is 1.99. The summed E-state index contributed by atoms with van der Waals surface area (Å²) < 4.78 is 23.2. The predicted octanol–water partition coefficient (Wildman–Crippen LogP) is 3.36. The van der Waals surface area contributed by atoms with Crippen LogP contribution < -0.4 is 5.32 Å². The van der Waals surface area contributed by atoms with E-state index in [4.69, 9.17) is 8.94 Å². The van der Waals surface area contributed by atoms with Crippen LogP contribution >= 0.6 is 0 Å². The maximum absolute atomic E-state index is 12.9. The van der Waals surface area contributed by atoms with Crippen LogP contribution in [0.4, 0.5) is 4.39 Å². The molecule has 0 aliphatic rings. The van der Waals surface area contributed by atoms with E-state index < -0.39 is 6.04 Å². The van der Waals surface area contributed by atoms with E-state index in [1.165, 1.54) is 24.5 Å². The Labute approximate surface area is 137 Å². The molecule has 3 aromatic rings. The molecule has 1 amide bonds. The Morgan fingerprint density at radius 2 is 2.08 bits per heavy atom. The van der Waals surface area contributed by atoms with Crippen molar-refractivity contribution < 1.29 is 18.1 Å². The lowest BCUT2D eigenvalue weighted by Crippen LogP contribution is -2.24. The number of benzene rings is 1. The standard InChI is InChI=1S/C17H14FN3O3/c1-11(19-15(22)9-8-14-3-2-10-23-14)17-20-16(21-24-17)12-4-6-13(18)7-5-12/h2-11H,1H3,(H,19,22)/b9-8+/t11-/m1/s1. The lowest BCUT2D eigenvalue weighted by atomic mass is 10.2. The second kappa shape index (κ2) is 6.91. The number of nitrogens with zero attached hydrogens (tertiary/aromatic N) is 2. The number of carbonyl (C=O) groups is 1. The van der Waals surface area contributed by atoms with Gasteiger partial charge in [-0.3, -0.25) is 4.79 Å². The van der Waals surface area contributed by atoms with E-state index in [-0.39, 0.29) is 17.6 Å². The van der Waals surface area contributed by atoms with Gasteiger partial charge in [0.2, 0.25) is 17.6 Å². The van der Waals surface area contributed by atoms with Crippen LogP contribution in [0, 0.1) is 5.82 Å². The van der Waals surface area contributed by atoms with E-state index in [9.17, 15) is 9.18 Å². The lowest BCUT2D eigenvalue weighted by molar-refractivity contribution is -0.117. The Hall–Kier alpha value is -3.22. The summed E-state index contributed by atoms with van der Waals surface area (Å²) in [5.74, 6) is 0.507. The van der Waals surface area contributed by atoms with Gasteiger partial charge in [-0.05, 0) is 49.4 Å². The number of aromatic nitrogens is 2. The number of furan rings is 1. The minimum absolute atomic E-state index is 0.258. The summed E-state index contributed by atoms with van der Waals surface area (Å²) in [4.78, 5) is 16.1. The first kappa shape index (κ1) is 15.7. The van der Waals surface area contributed by atoms with Crippen LogP contribution in [0.5, 0.6) is 0 Å². The fourth-order valence-electron chi connectivity index (χ4n) is 1.99. The highest BCUT2D eigenvalue weighted by molar-refractivity contribution is 5.91. The van der Waals surface area contributed by atoms with E-state index in [1.54, 1.807) is 37.3 Å². The maximum Gasteiger partial charge on any atom is 0.249 e. The van der Waals surface area contributed by atoms with Crippen LogP contribution in [0.1, 0.15) is 24.6 Å². The van der Waals surface area contributed by atoms with Crippen LogP contribution in [0.3, 0.4) is 0 Å². The summed E-state index contributed by atoms with van der Waals surface area (Å²) in [6.07, 6.45) is 4.43. The topological polar surface area (TPSA) is 81.2 Å². The van der Waals surface area contributed by atoms with Gasteiger partial charge in [-0.25, -0.2) is 4.39 Å². The van der Waals surface area contributed by atoms with Gasteiger partial charge in [0.1, 0.15) is 17.6 Å². The molecule has 2 aromatic heterocycles. The Bertz CT molecular complexity index is 838. The summed E-state index contributed by atoms with van der Waals surface area (Å²) in [7, 11) is 0. The molecule has 0 radical (unpaired) electrons.